The van der Waals surface area contributed by atoms with E-state index in [0.29, 0.717) is 0 Å². The number of hydrogen-bond acceptors (Lipinski definition) is 0. The second kappa shape index (κ2) is 22.1. The fourth-order valence-electron chi connectivity index (χ4n) is 2.90. The van der Waals surface area contributed by atoms with Gasteiger partial charge in [-0.25, -0.2) is 0 Å². The van der Waals surface area contributed by atoms with Gasteiger partial charge >= 0.3 is 20.4 Å². The van der Waals surface area contributed by atoms with Crippen LogP contribution in [0.4, 0.5) is 0 Å². The Hall–Kier alpha value is -0.738. The number of rotatable bonds is 4. The summed E-state index contributed by atoms with van der Waals surface area (Å²) in [5.74, 6) is 0. The second-order valence-electron chi connectivity index (χ2n) is 8.92. The van der Waals surface area contributed by atoms with Crippen molar-refractivity contribution in [2.24, 2.45) is 0 Å². The average Bonchev–Trinajstić information content (AvgIpc) is 2.92. The summed E-state index contributed by atoms with van der Waals surface area (Å²) in [6.45, 7) is 18.1. The average molecular weight is 659 g/mol. The van der Waals surface area contributed by atoms with Crippen molar-refractivity contribution in [3.63, 3.8) is 0 Å². The van der Waals surface area contributed by atoms with E-state index < -0.39 is 0 Å². The molecule has 4 aromatic carbocycles. The molecule has 0 aliphatic heterocycles. The van der Waals surface area contributed by atoms with E-state index in [2.05, 4.69) is 175 Å². The maximum absolute atomic E-state index is 2.27. The molecule has 0 N–H and O–H groups in total. The van der Waals surface area contributed by atoms with Gasteiger partial charge in [0, 0.05) is 0 Å². The molecule has 0 radical (unpaired) electrons. The molecule has 5 heteroatoms. The molecule has 0 nitrogen and oxygen atoms in total. The molecule has 0 atom stereocenters. The first kappa shape index (κ1) is 36.3. The molecular weight excluding hydrogens is 615 g/mol. The minimum absolute atomic E-state index is 0. The molecule has 0 fully saturated rings. The van der Waals surface area contributed by atoms with E-state index >= 15 is 0 Å². The summed E-state index contributed by atoms with van der Waals surface area (Å²) >= 11 is 0. The van der Waals surface area contributed by atoms with E-state index in [0.717, 1.165) is 0 Å². The van der Waals surface area contributed by atoms with Crippen LogP contribution in [0.15, 0.2) is 121 Å². The fourth-order valence-corrected chi connectivity index (χ4v) is 5.98. The van der Waals surface area contributed by atoms with Crippen molar-refractivity contribution >= 4 is 52.9 Å². The van der Waals surface area contributed by atoms with E-state index in [4.69, 9.17) is 0 Å². The molecule has 0 heterocycles. The van der Waals surface area contributed by atoms with Crippen LogP contribution in [0.25, 0.3) is 0 Å². The minimum atomic E-state index is 0. The molecule has 0 spiro atoms. The van der Waals surface area contributed by atoms with E-state index in [9.17, 15) is 0 Å². The molecule has 37 heavy (non-hydrogen) atoms. The largest absolute Gasteiger partial charge is 2.00 e. The Kier molecular flexibility index (Phi) is 21.7. The van der Waals surface area contributed by atoms with Crippen LogP contribution >= 0.6 is 31.7 Å². The van der Waals surface area contributed by atoms with Gasteiger partial charge in [-0.3, -0.25) is 0 Å². The molecule has 0 aliphatic carbocycles. The molecule has 0 aliphatic rings. The van der Waals surface area contributed by atoms with Gasteiger partial charge in [0.2, 0.25) is 0 Å². The topological polar surface area (TPSA) is 0 Å². The third-order valence-corrected chi connectivity index (χ3v) is 10.4. The zero-order chi connectivity index (χ0) is 26.8. The summed E-state index contributed by atoms with van der Waals surface area (Å²) in [6.07, 6.45) is 0. The van der Waals surface area contributed by atoms with Crippen molar-refractivity contribution in [3.8, 4) is 0 Å². The molecular formula is C32H44P4Pd+2. The maximum Gasteiger partial charge on any atom is 2.00 e. The van der Waals surface area contributed by atoms with Crippen molar-refractivity contribution in [2.45, 2.75) is 0 Å². The van der Waals surface area contributed by atoms with E-state index in [1.165, 1.54) is 21.2 Å². The Balaban J connectivity index is 0.000000463. The normalized spacial score (nSPS) is 9.84. The van der Waals surface area contributed by atoms with Gasteiger partial charge in [-0.1, -0.05) is 153 Å². The molecule has 0 unspecified atom stereocenters. The van der Waals surface area contributed by atoms with Gasteiger partial charge in [0.25, 0.3) is 0 Å². The summed E-state index contributed by atoms with van der Waals surface area (Å²) in [6, 6.07) is 42.5. The van der Waals surface area contributed by atoms with E-state index in [1.54, 1.807) is 0 Å². The van der Waals surface area contributed by atoms with Crippen molar-refractivity contribution in [2.75, 3.05) is 53.3 Å². The molecule has 0 bridgehead atoms. The van der Waals surface area contributed by atoms with Crippen LogP contribution in [-0.4, -0.2) is 53.3 Å². The van der Waals surface area contributed by atoms with Gasteiger partial charge in [-0.05, 0) is 74.5 Å². The van der Waals surface area contributed by atoms with Crippen LogP contribution in [0, 0.1) is 0 Å². The summed E-state index contributed by atoms with van der Waals surface area (Å²) in [5.41, 5.74) is 0. The maximum atomic E-state index is 2.27. The Labute approximate surface area is 246 Å². The van der Waals surface area contributed by atoms with Crippen LogP contribution < -0.4 is 21.2 Å². The third-order valence-electron chi connectivity index (χ3n) is 5.09. The zero-order valence-corrected chi connectivity index (χ0v) is 28.8. The summed E-state index contributed by atoms with van der Waals surface area (Å²) in [4.78, 5) is 0. The van der Waals surface area contributed by atoms with Crippen molar-refractivity contribution < 1.29 is 20.4 Å². The van der Waals surface area contributed by atoms with Gasteiger partial charge in [0.05, 0.1) is 0 Å². The smallest absolute Gasteiger partial charge is 0.0817 e. The quantitative estimate of drug-likeness (QED) is 0.153. The summed E-state index contributed by atoms with van der Waals surface area (Å²) < 4.78 is 0. The fraction of sp³-hybridized carbons (Fsp3) is 0.250. The standard InChI is InChI=1S/4C8H11P.Pd/c4*1-9(2)8-6-4-3-5-7-8;/h4*3-7H,1-2H3;/q;;;;+2. The first-order valence-corrected chi connectivity index (χ1v) is 21.1. The van der Waals surface area contributed by atoms with Crippen LogP contribution in [-0.2, 0) is 20.4 Å². The van der Waals surface area contributed by atoms with Crippen LogP contribution in [0.5, 0.6) is 0 Å². The van der Waals surface area contributed by atoms with Crippen molar-refractivity contribution in [1.29, 1.82) is 0 Å². The van der Waals surface area contributed by atoms with Crippen LogP contribution in [0.2, 0.25) is 0 Å². The molecule has 200 valence electrons. The molecule has 0 saturated heterocycles. The first-order chi connectivity index (χ1) is 17.2. The first-order valence-electron chi connectivity index (χ1n) is 12.1. The van der Waals surface area contributed by atoms with Crippen LogP contribution in [0.1, 0.15) is 0 Å². The Morgan fingerprint density at radius 2 is 0.405 bits per heavy atom. The SMILES string of the molecule is CP(C)c1ccccc1.CP(C)c1ccccc1.CP(C)c1ccccc1.CP(C)c1ccccc1.[Pd+2]. The second-order valence-corrected chi connectivity index (χ2v) is 18.1. The van der Waals surface area contributed by atoms with Gasteiger partial charge < -0.3 is 0 Å². The predicted molar refractivity (Wildman–Crippen MR) is 179 cm³/mol. The monoisotopic (exact) mass is 658 g/mol. The van der Waals surface area contributed by atoms with Gasteiger partial charge in [0.1, 0.15) is 0 Å². The van der Waals surface area contributed by atoms with Crippen LogP contribution in [0.3, 0.4) is 0 Å². The van der Waals surface area contributed by atoms with E-state index in [-0.39, 0.29) is 52.1 Å². The van der Waals surface area contributed by atoms with Crippen molar-refractivity contribution in [1.82, 2.24) is 0 Å². The molecule has 0 aromatic heterocycles. The summed E-state index contributed by atoms with van der Waals surface area (Å²) in [5, 5.41) is 5.92. The molecule has 0 amide bonds. The third kappa shape index (κ3) is 17.5. The van der Waals surface area contributed by atoms with E-state index in [1.807, 2.05) is 0 Å². The minimum Gasteiger partial charge on any atom is -0.0817 e. The van der Waals surface area contributed by atoms with Gasteiger partial charge in [-0.2, -0.15) is 0 Å². The molecule has 4 rings (SSSR count). The number of hydrogen-bond donors (Lipinski definition) is 0. The Bertz CT molecular complexity index is 849. The predicted octanol–water partition coefficient (Wildman–Crippen LogP) is 8.21. The van der Waals surface area contributed by atoms with Gasteiger partial charge in [0.15, 0.2) is 0 Å². The van der Waals surface area contributed by atoms with Crippen molar-refractivity contribution in [3.05, 3.63) is 121 Å². The zero-order valence-electron chi connectivity index (χ0n) is 23.7. The molecule has 4 aromatic rings. The summed E-state index contributed by atoms with van der Waals surface area (Å²) in [7, 11) is 0.418. The number of benzene rings is 4. The molecule has 0 saturated carbocycles. The Morgan fingerprint density at radius 3 is 0.486 bits per heavy atom. The Morgan fingerprint density at radius 1 is 0.270 bits per heavy atom. The van der Waals surface area contributed by atoms with Gasteiger partial charge in [-0.15, -0.1) is 0 Å².